The van der Waals surface area contributed by atoms with Gasteiger partial charge in [-0.05, 0) is 43.2 Å². The number of amides is 1. The summed E-state index contributed by atoms with van der Waals surface area (Å²) in [7, 11) is 0. The monoisotopic (exact) mass is 301 g/mol. The minimum Gasteiger partial charge on any atom is -0.482 e. The summed E-state index contributed by atoms with van der Waals surface area (Å²) in [5.74, 6) is -0.388. The van der Waals surface area contributed by atoms with Gasteiger partial charge >= 0.3 is 5.97 Å². The topological polar surface area (TPSA) is 104 Å². The average molecular weight is 301 g/mol. The first-order valence-corrected chi connectivity index (χ1v) is 6.93. The molecule has 1 amide bonds. The lowest BCUT2D eigenvalue weighted by atomic mass is 10.2. The fourth-order valence-corrected chi connectivity index (χ4v) is 2.03. The summed E-state index contributed by atoms with van der Waals surface area (Å²) < 4.78 is 5.02. The number of anilines is 1. The summed E-state index contributed by atoms with van der Waals surface area (Å²) in [6, 6.07) is 8.25. The highest BCUT2D eigenvalue weighted by Gasteiger charge is 2.26. The minimum atomic E-state index is -1.04. The van der Waals surface area contributed by atoms with Gasteiger partial charge in [-0.2, -0.15) is 5.10 Å². The molecule has 7 heteroatoms. The fraction of sp³-hybridized carbons (Fsp3) is 0.267. The van der Waals surface area contributed by atoms with E-state index in [2.05, 4.69) is 15.5 Å². The van der Waals surface area contributed by atoms with Crippen LogP contribution >= 0.6 is 0 Å². The molecule has 114 valence electrons. The number of nitrogens with one attached hydrogen (secondary N) is 2. The molecule has 3 rings (SSSR count). The highest BCUT2D eigenvalue weighted by atomic mass is 16.5. The number of carbonyl (C=O) groups excluding carboxylic acids is 1. The van der Waals surface area contributed by atoms with E-state index in [4.69, 9.17) is 9.84 Å². The molecule has 3 N–H and O–H groups in total. The molecule has 1 heterocycles. The second-order valence-corrected chi connectivity index (χ2v) is 5.14. The van der Waals surface area contributed by atoms with Crippen molar-refractivity contribution in [1.29, 1.82) is 0 Å². The van der Waals surface area contributed by atoms with Crippen molar-refractivity contribution in [1.82, 2.24) is 10.2 Å². The zero-order valence-electron chi connectivity index (χ0n) is 11.7. The van der Waals surface area contributed by atoms with E-state index in [1.807, 2.05) is 0 Å². The van der Waals surface area contributed by atoms with E-state index in [9.17, 15) is 9.59 Å². The van der Waals surface area contributed by atoms with Gasteiger partial charge in [0.25, 0.3) is 5.91 Å². The number of aliphatic carboxylic acids is 1. The molecule has 1 fully saturated rings. The fourth-order valence-electron chi connectivity index (χ4n) is 2.03. The Kier molecular flexibility index (Phi) is 3.78. The van der Waals surface area contributed by atoms with Crippen LogP contribution in [0.2, 0.25) is 0 Å². The maximum Gasteiger partial charge on any atom is 0.341 e. The highest BCUT2D eigenvalue weighted by molar-refractivity contribution is 6.02. The second kappa shape index (κ2) is 5.88. The third-order valence-corrected chi connectivity index (χ3v) is 3.32. The van der Waals surface area contributed by atoms with Crippen LogP contribution in [0, 0.1) is 0 Å². The molecule has 0 aliphatic heterocycles. The first-order valence-electron chi connectivity index (χ1n) is 6.93. The second-order valence-electron chi connectivity index (χ2n) is 5.14. The van der Waals surface area contributed by atoms with Gasteiger partial charge in [0.1, 0.15) is 5.75 Å². The molecule has 1 aliphatic carbocycles. The van der Waals surface area contributed by atoms with Gasteiger partial charge in [0.15, 0.2) is 12.3 Å². The van der Waals surface area contributed by atoms with Gasteiger partial charge in [0.05, 0.1) is 0 Å². The summed E-state index contributed by atoms with van der Waals surface area (Å²) in [5, 5.41) is 18.2. The summed E-state index contributed by atoms with van der Waals surface area (Å²) in [6.45, 7) is -0.400. The number of hydrogen-bond donors (Lipinski definition) is 3. The third-order valence-electron chi connectivity index (χ3n) is 3.32. The maximum atomic E-state index is 12.1. The van der Waals surface area contributed by atoms with Crippen molar-refractivity contribution in [3.63, 3.8) is 0 Å². The molecule has 1 aromatic carbocycles. The number of carboxylic acid groups (broad SMARTS) is 1. The van der Waals surface area contributed by atoms with Crippen molar-refractivity contribution in [2.45, 2.75) is 18.8 Å². The number of aromatic nitrogens is 2. The van der Waals surface area contributed by atoms with E-state index in [1.54, 1.807) is 30.3 Å². The first kappa shape index (κ1) is 14.1. The normalized spacial score (nSPS) is 13.6. The van der Waals surface area contributed by atoms with Gasteiger partial charge in [-0.3, -0.25) is 9.89 Å². The Hall–Kier alpha value is -2.83. The van der Waals surface area contributed by atoms with Gasteiger partial charge < -0.3 is 15.2 Å². The number of rotatable bonds is 6. The molecule has 0 radical (unpaired) electrons. The predicted molar refractivity (Wildman–Crippen MR) is 78.1 cm³/mol. The molecular formula is C15H15N3O4. The molecule has 0 saturated heterocycles. The van der Waals surface area contributed by atoms with Crippen LogP contribution < -0.4 is 10.1 Å². The standard InChI is InChI=1S/C15H15N3O4/c19-14(20)8-22-11-5-3-10(4-6-11)16-15(21)13-7-12(17-18-13)9-1-2-9/h3-7,9H,1-2,8H2,(H,16,21)(H,17,18)(H,19,20). The average Bonchev–Trinajstić information content (AvgIpc) is 3.23. The Morgan fingerprint density at radius 3 is 2.68 bits per heavy atom. The van der Waals surface area contributed by atoms with E-state index >= 15 is 0 Å². The smallest absolute Gasteiger partial charge is 0.341 e. The zero-order chi connectivity index (χ0) is 15.5. The molecule has 1 aromatic heterocycles. The highest BCUT2D eigenvalue weighted by Crippen LogP contribution is 2.39. The number of benzene rings is 1. The van der Waals surface area contributed by atoms with Crippen molar-refractivity contribution in [2.75, 3.05) is 11.9 Å². The van der Waals surface area contributed by atoms with E-state index in [0.717, 1.165) is 18.5 Å². The van der Waals surface area contributed by atoms with Crippen LogP contribution in [0.25, 0.3) is 0 Å². The van der Waals surface area contributed by atoms with Gasteiger partial charge in [-0.15, -0.1) is 0 Å². The molecule has 0 bridgehead atoms. The number of hydrogen-bond acceptors (Lipinski definition) is 4. The van der Waals surface area contributed by atoms with E-state index < -0.39 is 12.6 Å². The maximum absolute atomic E-state index is 12.1. The van der Waals surface area contributed by atoms with Gasteiger partial charge in [-0.25, -0.2) is 4.79 Å². The van der Waals surface area contributed by atoms with Gasteiger partial charge in [0, 0.05) is 17.3 Å². The van der Waals surface area contributed by atoms with E-state index in [-0.39, 0.29) is 5.91 Å². The molecule has 7 nitrogen and oxygen atoms in total. The number of nitrogens with zero attached hydrogens (tertiary/aromatic N) is 1. The minimum absolute atomic E-state index is 0.289. The van der Waals surface area contributed by atoms with Crippen LogP contribution in [0.15, 0.2) is 30.3 Å². The van der Waals surface area contributed by atoms with Crippen molar-refractivity contribution in [3.8, 4) is 5.75 Å². The third kappa shape index (κ3) is 3.43. The molecule has 1 saturated carbocycles. The number of H-pyrrole nitrogens is 1. The predicted octanol–water partition coefficient (Wildman–Crippen LogP) is 2.00. The van der Waals surface area contributed by atoms with Gasteiger partial charge in [-0.1, -0.05) is 0 Å². The van der Waals surface area contributed by atoms with Crippen LogP contribution in [0.3, 0.4) is 0 Å². The van der Waals surface area contributed by atoms with Crippen LogP contribution in [0.5, 0.6) is 5.75 Å². The van der Waals surface area contributed by atoms with Crippen LogP contribution in [-0.2, 0) is 4.79 Å². The number of carbonyl (C=O) groups is 2. The SMILES string of the molecule is O=C(O)COc1ccc(NC(=O)c2cc(C3CC3)[nH]n2)cc1. The molecular weight excluding hydrogens is 286 g/mol. The molecule has 22 heavy (non-hydrogen) atoms. The Bertz CT molecular complexity index is 689. The summed E-state index contributed by atoms with van der Waals surface area (Å²) in [5.41, 5.74) is 1.94. The first-order chi connectivity index (χ1) is 10.6. The molecule has 0 atom stereocenters. The van der Waals surface area contributed by atoms with Crippen LogP contribution in [0.4, 0.5) is 5.69 Å². The zero-order valence-corrected chi connectivity index (χ0v) is 11.7. The number of carboxylic acids is 1. The molecule has 2 aromatic rings. The Morgan fingerprint density at radius 1 is 1.32 bits per heavy atom. The summed E-state index contributed by atoms with van der Waals surface area (Å²) >= 11 is 0. The van der Waals surface area contributed by atoms with Crippen molar-refractivity contribution in [2.24, 2.45) is 0 Å². The van der Waals surface area contributed by atoms with Crippen molar-refractivity contribution in [3.05, 3.63) is 41.7 Å². The van der Waals surface area contributed by atoms with Crippen LogP contribution in [0.1, 0.15) is 34.9 Å². The van der Waals surface area contributed by atoms with E-state index in [1.165, 1.54) is 0 Å². The largest absolute Gasteiger partial charge is 0.482 e. The lowest BCUT2D eigenvalue weighted by Crippen LogP contribution is -2.12. The Balaban J connectivity index is 1.59. The number of aromatic amines is 1. The molecule has 0 spiro atoms. The van der Waals surface area contributed by atoms with E-state index in [0.29, 0.717) is 23.0 Å². The lowest BCUT2D eigenvalue weighted by Gasteiger charge is -2.06. The molecule has 0 unspecified atom stereocenters. The van der Waals surface area contributed by atoms with Crippen molar-refractivity contribution < 1.29 is 19.4 Å². The number of ether oxygens (including phenoxy) is 1. The summed E-state index contributed by atoms with van der Waals surface area (Å²) in [6.07, 6.45) is 2.28. The Morgan fingerprint density at radius 2 is 2.05 bits per heavy atom. The Labute approximate surface area is 126 Å². The summed E-state index contributed by atoms with van der Waals surface area (Å²) in [4.78, 5) is 22.5. The lowest BCUT2D eigenvalue weighted by molar-refractivity contribution is -0.139. The molecule has 1 aliphatic rings. The van der Waals surface area contributed by atoms with Crippen molar-refractivity contribution >= 4 is 17.6 Å². The van der Waals surface area contributed by atoms with Gasteiger partial charge in [0.2, 0.25) is 0 Å². The quantitative estimate of drug-likeness (QED) is 0.757. The van der Waals surface area contributed by atoms with Crippen LogP contribution in [-0.4, -0.2) is 33.8 Å².